The van der Waals surface area contributed by atoms with Crippen LogP contribution < -0.4 is 14.8 Å². The van der Waals surface area contributed by atoms with Crippen molar-refractivity contribution in [2.75, 3.05) is 27.4 Å². The minimum Gasteiger partial charge on any atom is -0.496 e. The molecular weight excluding hydrogens is 466 g/mol. The lowest BCUT2D eigenvalue weighted by molar-refractivity contribution is 0.0158. The minimum atomic E-state index is -1.54. The summed E-state index contributed by atoms with van der Waals surface area (Å²) in [4.78, 5) is 23.8. The van der Waals surface area contributed by atoms with Crippen LogP contribution in [0, 0.1) is 0 Å². The molecule has 0 aromatic heterocycles. The van der Waals surface area contributed by atoms with Gasteiger partial charge in [0.2, 0.25) is 0 Å². The highest BCUT2D eigenvalue weighted by Crippen LogP contribution is 2.44. The van der Waals surface area contributed by atoms with Gasteiger partial charge in [0, 0.05) is 12.5 Å². The quantitative estimate of drug-likeness (QED) is 0.357. The number of benzene rings is 3. The molecule has 2 unspecified atom stereocenters. The highest BCUT2D eigenvalue weighted by Gasteiger charge is 2.30. The molecule has 188 valence electrons. The standard InChI is InChI=1S/C27H27NO8/c1-34-22-11-15(26(31)32)12-23(35-2)24(22)25(30)21(29)13-28-27(33)36-14-20-18-9-5-3-7-16(18)17-8-4-6-10-19(17)20/h3-12,20-21,25,29-30H,13-14H2,1-2H3,(H,28,33)(H,31,32). The number of aliphatic hydroxyl groups is 2. The Morgan fingerprint density at radius 3 is 1.94 bits per heavy atom. The largest absolute Gasteiger partial charge is 0.496 e. The van der Waals surface area contributed by atoms with E-state index in [0.717, 1.165) is 22.3 Å². The normalized spacial score (nSPS) is 13.8. The summed E-state index contributed by atoms with van der Waals surface area (Å²) in [6.45, 7) is -0.221. The van der Waals surface area contributed by atoms with E-state index in [1.165, 1.54) is 26.4 Å². The van der Waals surface area contributed by atoms with Gasteiger partial charge in [0.15, 0.2) is 0 Å². The summed E-state index contributed by atoms with van der Waals surface area (Å²) in [6, 6.07) is 18.4. The van der Waals surface area contributed by atoms with Crippen LogP contribution in [0.2, 0.25) is 0 Å². The van der Waals surface area contributed by atoms with E-state index >= 15 is 0 Å². The Bertz CT molecular complexity index is 1200. The van der Waals surface area contributed by atoms with Crippen LogP contribution >= 0.6 is 0 Å². The van der Waals surface area contributed by atoms with Crippen molar-refractivity contribution >= 4 is 12.1 Å². The first kappa shape index (κ1) is 25.0. The van der Waals surface area contributed by atoms with E-state index in [2.05, 4.69) is 5.32 Å². The molecule has 0 saturated carbocycles. The molecular formula is C27H27NO8. The lowest BCUT2D eigenvalue weighted by atomic mass is 9.98. The molecule has 9 nitrogen and oxygen atoms in total. The SMILES string of the molecule is COc1cc(C(=O)O)cc(OC)c1C(O)C(O)CNC(=O)OCC1c2ccccc2-c2ccccc21. The van der Waals surface area contributed by atoms with E-state index in [4.69, 9.17) is 14.2 Å². The number of nitrogens with one attached hydrogen (secondary N) is 1. The molecule has 3 aromatic rings. The van der Waals surface area contributed by atoms with Gasteiger partial charge >= 0.3 is 12.1 Å². The number of methoxy groups -OCH3 is 2. The molecule has 9 heteroatoms. The van der Waals surface area contributed by atoms with E-state index < -0.39 is 24.3 Å². The predicted octanol–water partition coefficient (Wildman–Crippen LogP) is 3.34. The zero-order valence-corrected chi connectivity index (χ0v) is 19.8. The van der Waals surface area contributed by atoms with Crippen molar-refractivity contribution in [3.8, 4) is 22.6 Å². The van der Waals surface area contributed by atoms with E-state index in [-0.39, 0.29) is 41.7 Å². The zero-order chi connectivity index (χ0) is 25.8. The van der Waals surface area contributed by atoms with E-state index in [1.54, 1.807) is 0 Å². The minimum absolute atomic E-state index is 0.0273. The Labute approximate surface area is 207 Å². The second kappa shape index (κ2) is 10.7. The zero-order valence-electron chi connectivity index (χ0n) is 19.8. The van der Waals surface area contributed by atoms with Crippen molar-refractivity contribution in [1.29, 1.82) is 0 Å². The Morgan fingerprint density at radius 1 is 0.917 bits per heavy atom. The fourth-order valence-electron chi connectivity index (χ4n) is 4.50. The van der Waals surface area contributed by atoms with Gasteiger partial charge in [-0.25, -0.2) is 9.59 Å². The summed E-state index contributed by atoms with van der Waals surface area (Å²) in [5, 5.41) is 33.0. The number of carboxylic acids is 1. The molecule has 0 radical (unpaired) electrons. The van der Waals surface area contributed by atoms with Gasteiger partial charge in [-0.05, 0) is 34.4 Å². The first-order chi connectivity index (χ1) is 17.3. The van der Waals surface area contributed by atoms with Gasteiger partial charge in [-0.15, -0.1) is 0 Å². The number of carboxylic acid groups (broad SMARTS) is 1. The Morgan fingerprint density at radius 2 is 1.44 bits per heavy atom. The number of ether oxygens (including phenoxy) is 3. The third-order valence-corrected chi connectivity index (χ3v) is 6.25. The van der Waals surface area contributed by atoms with Gasteiger partial charge in [0.1, 0.15) is 30.3 Å². The van der Waals surface area contributed by atoms with Gasteiger partial charge in [-0.3, -0.25) is 0 Å². The molecule has 0 spiro atoms. The molecule has 36 heavy (non-hydrogen) atoms. The fraction of sp³-hybridized carbons (Fsp3) is 0.259. The highest BCUT2D eigenvalue weighted by atomic mass is 16.5. The second-order valence-corrected chi connectivity index (χ2v) is 8.32. The van der Waals surface area contributed by atoms with Crippen LogP contribution in [-0.4, -0.2) is 60.9 Å². The molecule has 3 aromatic carbocycles. The van der Waals surface area contributed by atoms with Crippen molar-refractivity contribution in [2.24, 2.45) is 0 Å². The van der Waals surface area contributed by atoms with Crippen molar-refractivity contribution in [3.63, 3.8) is 0 Å². The monoisotopic (exact) mass is 493 g/mol. The maximum atomic E-state index is 12.4. The molecule has 4 N–H and O–H groups in total. The van der Waals surface area contributed by atoms with Crippen LogP contribution in [0.4, 0.5) is 4.79 Å². The van der Waals surface area contributed by atoms with E-state index in [9.17, 15) is 24.9 Å². The first-order valence-corrected chi connectivity index (χ1v) is 11.3. The number of rotatable bonds is 9. The van der Waals surface area contributed by atoms with Crippen molar-refractivity contribution < 1.29 is 39.1 Å². The maximum Gasteiger partial charge on any atom is 0.407 e. The van der Waals surface area contributed by atoms with Gasteiger partial charge in [0.05, 0.1) is 25.3 Å². The number of hydrogen-bond acceptors (Lipinski definition) is 7. The number of amides is 1. The Kier molecular flexibility index (Phi) is 7.42. The van der Waals surface area contributed by atoms with Gasteiger partial charge < -0.3 is 34.8 Å². The summed E-state index contributed by atoms with van der Waals surface area (Å²) in [5.74, 6) is -1.26. The average Bonchev–Trinajstić information content (AvgIpc) is 3.22. The van der Waals surface area contributed by atoms with Crippen molar-refractivity contribution in [1.82, 2.24) is 5.32 Å². The van der Waals surface area contributed by atoms with Crippen LogP contribution in [0.25, 0.3) is 11.1 Å². The van der Waals surface area contributed by atoms with Crippen LogP contribution in [0.1, 0.15) is 39.1 Å². The topological polar surface area (TPSA) is 135 Å². The Balaban J connectivity index is 1.40. The number of hydrogen-bond donors (Lipinski definition) is 4. The summed E-state index contributed by atoms with van der Waals surface area (Å²) in [5.41, 5.74) is 4.32. The van der Waals surface area contributed by atoms with Crippen LogP contribution in [0.3, 0.4) is 0 Å². The molecule has 2 atom stereocenters. The van der Waals surface area contributed by atoms with Crippen LogP contribution in [0.15, 0.2) is 60.7 Å². The number of aromatic carboxylic acids is 1. The van der Waals surface area contributed by atoms with Gasteiger partial charge in [-0.2, -0.15) is 0 Å². The third-order valence-electron chi connectivity index (χ3n) is 6.25. The molecule has 1 amide bonds. The highest BCUT2D eigenvalue weighted by molar-refractivity contribution is 5.89. The Hall–Kier alpha value is -4.08. The molecule has 0 saturated heterocycles. The molecule has 0 heterocycles. The first-order valence-electron chi connectivity index (χ1n) is 11.3. The lowest BCUT2D eigenvalue weighted by Crippen LogP contribution is -2.36. The van der Waals surface area contributed by atoms with Crippen LogP contribution in [0.5, 0.6) is 11.5 Å². The number of carbonyl (C=O) groups excluding carboxylic acids is 1. The predicted molar refractivity (Wildman–Crippen MR) is 131 cm³/mol. The molecule has 1 aliphatic rings. The summed E-state index contributed by atoms with van der Waals surface area (Å²) < 4.78 is 15.9. The molecule has 0 fully saturated rings. The summed E-state index contributed by atoms with van der Waals surface area (Å²) in [6.07, 6.45) is -3.74. The maximum absolute atomic E-state index is 12.4. The van der Waals surface area contributed by atoms with Crippen molar-refractivity contribution in [2.45, 2.75) is 18.1 Å². The number of fused-ring (bicyclic) bond motifs is 3. The average molecular weight is 494 g/mol. The second-order valence-electron chi connectivity index (χ2n) is 8.32. The van der Waals surface area contributed by atoms with E-state index in [0.29, 0.717) is 0 Å². The third kappa shape index (κ3) is 4.84. The molecule has 0 bridgehead atoms. The number of aliphatic hydroxyl groups excluding tert-OH is 2. The van der Waals surface area contributed by atoms with Gasteiger partial charge in [0.25, 0.3) is 0 Å². The number of alkyl carbamates (subject to hydrolysis) is 1. The molecule has 4 rings (SSSR count). The molecule has 1 aliphatic carbocycles. The van der Waals surface area contributed by atoms with Crippen molar-refractivity contribution in [3.05, 3.63) is 82.9 Å². The van der Waals surface area contributed by atoms with Crippen LogP contribution in [-0.2, 0) is 4.74 Å². The van der Waals surface area contributed by atoms with Gasteiger partial charge in [-0.1, -0.05) is 48.5 Å². The smallest absolute Gasteiger partial charge is 0.407 e. The number of carbonyl (C=O) groups is 2. The lowest BCUT2D eigenvalue weighted by Gasteiger charge is -2.23. The van der Waals surface area contributed by atoms with E-state index in [1.807, 2.05) is 48.5 Å². The summed E-state index contributed by atoms with van der Waals surface area (Å²) >= 11 is 0. The fourth-order valence-corrected chi connectivity index (χ4v) is 4.50. The summed E-state index contributed by atoms with van der Waals surface area (Å²) in [7, 11) is 2.61. The molecule has 0 aliphatic heterocycles.